The molecule has 2 spiro atoms. The quantitative estimate of drug-likeness (QED) is 0.0902. The minimum Gasteiger partial charge on any atom is -0.318 e. The van der Waals surface area contributed by atoms with E-state index in [-0.39, 0.29) is 0 Å². The summed E-state index contributed by atoms with van der Waals surface area (Å²) in [6.07, 6.45) is 0. The zero-order valence-corrected chi connectivity index (χ0v) is 69.8. The molecule has 0 saturated carbocycles. The predicted molar refractivity (Wildman–Crippen MR) is 513 cm³/mol. The molecular formula is C114H71N13Si. The van der Waals surface area contributed by atoms with Crippen molar-refractivity contribution in [2.24, 2.45) is 0 Å². The maximum Gasteiger partial charge on any atom is 0.212 e. The number of nitriles is 2. The highest BCUT2D eigenvalue weighted by molar-refractivity contribution is 7.20. The highest BCUT2D eigenvalue weighted by Crippen LogP contribution is 2.66. The Balaban J connectivity index is 0.000000151. The molecule has 23 rings (SSSR count). The summed E-state index contributed by atoms with van der Waals surface area (Å²) in [6, 6.07) is 153. The van der Waals surface area contributed by atoms with Crippen LogP contribution in [0.4, 0.5) is 62.6 Å². The van der Waals surface area contributed by atoms with Crippen molar-refractivity contribution < 1.29 is 0 Å². The summed E-state index contributed by atoms with van der Waals surface area (Å²) in [5.74, 6) is 2.75. The molecule has 6 heterocycles. The lowest BCUT2D eigenvalue weighted by Gasteiger charge is -2.53. The molecule has 0 bridgehead atoms. The molecule has 0 unspecified atom stereocenters. The zero-order valence-electron chi connectivity index (χ0n) is 68.8. The normalized spacial score (nSPS) is 13.3. The van der Waals surface area contributed by atoms with Crippen LogP contribution in [0, 0.1) is 35.8 Å². The molecule has 0 aliphatic carbocycles. The van der Waals surface area contributed by atoms with Gasteiger partial charge < -0.3 is 14.7 Å². The van der Waals surface area contributed by atoms with Gasteiger partial charge in [-0.15, -0.1) is 0 Å². The van der Waals surface area contributed by atoms with Gasteiger partial charge in [-0.1, -0.05) is 358 Å². The fourth-order valence-corrected chi connectivity index (χ4v) is 25.4. The summed E-state index contributed by atoms with van der Waals surface area (Å²) in [5, 5.41) is 27.7. The molecule has 13 nitrogen and oxygen atoms in total. The van der Waals surface area contributed by atoms with E-state index in [4.69, 9.17) is 43.0 Å². The van der Waals surface area contributed by atoms with E-state index < -0.39 is 18.9 Å². The molecule has 17 aromatic carbocycles. The maximum absolute atomic E-state index is 11.3. The van der Waals surface area contributed by atoms with Gasteiger partial charge in [0.15, 0.2) is 43.0 Å². The number of para-hydroxylation sites is 7. The van der Waals surface area contributed by atoms with Crippen LogP contribution in [0.15, 0.2) is 431 Å². The van der Waals surface area contributed by atoms with Gasteiger partial charge in [-0.2, -0.15) is 10.5 Å². The summed E-state index contributed by atoms with van der Waals surface area (Å²) in [7, 11) is -2.94. The molecule has 0 atom stereocenters. The Morgan fingerprint density at radius 2 is 0.469 bits per heavy atom. The van der Waals surface area contributed by atoms with Gasteiger partial charge in [0.05, 0.1) is 70.0 Å². The first-order valence-corrected chi connectivity index (χ1v) is 44.3. The molecule has 0 amide bonds. The van der Waals surface area contributed by atoms with E-state index in [1.807, 2.05) is 152 Å². The second-order valence-electron chi connectivity index (χ2n) is 31.8. The lowest BCUT2D eigenvalue weighted by molar-refractivity contribution is 0.719. The fourth-order valence-electron chi connectivity index (χ4n) is 20.1. The van der Waals surface area contributed by atoms with Crippen LogP contribution in [0.25, 0.3) is 78.0 Å². The molecule has 0 N–H and O–H groups in total. The Morgan fingerprint density at radius 3 is 0.750 bits per heavy atom. The standard InChI is InChI=1S/C60H38N6Si.C54H33N7/c1-62-51-39-43(59-64-57(41-22-6-2-7-23-41)63-58(65-59)42-24-8-3-9-25-42)38-44(40-61)56(51)66-52-34-18-14-30-47(52)60(48-31-15-19-35-53(48)66)49-32-16-20-36-54(49)67(45-26-10-4-11-27-45,46-28-12-5-13-29-46)55-37-21-17-33-50(55)60;1-56-45-34-38(53-58-51(36-19-5-2-6-20-36)57-52(59-53)37-21-7-3-8-22-37)33-39(35-55)50(45)61-48-31-17-13-27-43(48)54(44-28-14-18-32-49(44)61)41-25-11-15-29-46(41)60(40-23-9-4-10-24-40)47-30-16-12-26-42(47)54/h2-39H;2-34H. The van der Waals surface area contributed by atoms with Gasteiger partial charge in [0.25, 0.3) is 0 Å². The molecule has 4 aliphatic heterocycles. The molecule has 19 aromatic rings. The van der Waals surface area contributed by atoms with Crippen molar-refractivity contribution in [3.05, 3.63) is 509 Å². The third-order valence-electron chi connectivity index (χ3n) is 25.2. The van der Waals surface area contributed by atoms with Crippen LogP contribution < -0.4 is 35.4 Å². The average molecular weight is 1650 g/mol. The summed E-state index contributed by atoms with van der Waals surface area (Å²) in [5.41, 5.74) is 20.9. The van der Waals surface area contributed by atoms with Crippen LogP contribution in [0.1, 0.15) is 55.6 Å². The van der Waals surface area contributed by atoms with Crippen LogP contribution >= 0.6 is 0 Å². The lowest BCUT2D eigenvalue weighted by Crippen LogP contribution is -2.79. The van der Waals surface area contributed by atoms with Gasteiger partial charge >= 0.3 is 0 Å². The lowest BCUT2D eigenvalue weighted by atomic mass is 9.60. The van der Waals surface area contributed by atoms with E-state index in [9.17, 15) is 10.5 Å². The van der Waals surface area contributed by atoms with Gasteiger partial charge in [-0.05, 0) is 138 Å². The topological polar surface area (TPSA) is 143 Å². The van der Waals surface area contributed by atoms with Gasteiger partial charge in [0, 0.05) is 61.8 Å². The van der Waals surface area contributed by atoms with Crippen LogP contribution in [0.3, 0.4) is 0 Å². The van der Waals surface area contributed by atoms with E-state index in [0.29, 0.717) is 79.9 Å². The molecule has 128 heavy (non-hydrogen) atoms. The van der Waals surface area contributed by atoms with Crippen molar-refractivity contribution in [3.63, 3.8) is 0 Å². The third kappa shape index (κ3) is 12.0. The molecule has 14 heteroatoms. The number of fused-ring (bicyclic) bond motifs is 16. The fraction of sp³-hybridized carbons (Fsp3) is 0.0175. The van der Waals surface area contributed by atoms with Crippen molar-refractivity contribution in [1.82, 2.24) is 29.9 Å². The minimum atomic E-state index is -2.94. The van der Waals surface area contributed by atoms with Crippen molar-refractivity contribution in [2.45, 2.75) is 10.8 Å². The second-order valence-corrected chi connectivity index (χ2v) is 35.6. The van der Waals surface area contributed by atoms with Crippen molar-refractivity contribution in [3.8, 4) is 80.5 Å². The van der Waals surface area contributed by atoms with Gasteiger partial charge in [-0.25, -0.2) is 39.6 Å². The van der Waals surface area contributed by atoms with Crippen molar-refractivity contribution >= 4 is 91.4 Å². The van der Waals surface area contributed by atoms with Crippen LogP contribution in [-0.4, -0.2) is 38.0 Å². The summed E-state index contributed by atoms with van der Waals surface area (Å²) in [4.78, 5) is 44.5. The van der Waals surface area contributed by atoms with Gasteiger partial charge in [-0.3, -0.25) is 0 Å². The Bertz CT molecular complexity index is 7360. The van der Waals surface area contributed by atoms with E-state index in [2.05, 4.69) is 303 Å². The number of hydrogen-bond donors (Lipinski definition) is 0. The average Bonchev–Trinajstić information content (AvgIpc) is 0.655. The predicted octanol–water partition coefficient (Wildman–Crippen LogP) is 24.4. The zero-order chi connectivity index (χ0) is 85.9. The highest BCUT2D eigenvalue weighted by atomic mass is 28.3. The highest BCUT2D eigenvalue weighted by Gasteiger charge is 2.59. The Hall–Kier alpha value is -17.7. The van der Waals surface area contributed by atoms with E-state index in [0.717, 1.165) is 95.4 Å². The Kier molecular flexibility index (Phi) is 18.9. The summed E-state index contributed by atoms with van der Waals surface area (Å²) in [6.45, 7) is 17.5. The molecule has 0 radical (unpaired) electrons. The Morgan fingerprint density at radius 1 is 0.242 bits per heavy atom. The number of rotatable bonds is 11. The smallest absolute Gasteiger partial charge is 0.212 e. The van der Waals surface area contributed by atoms with Crippen molar-refractivity contribution in [1.29, 1.82) is 10.5 Å². The molecule has 596 valence electrons. The molecule has 4 aliphatic rings. The second kappa shape index (κ2) is 31.7. The van der Waals surface area contributed by atoms with Gasteiger partial charge in [0.2, 0.25) is 11.4 Å². The van der Waals surface area contributed by atoms with Crippen molar-refractivity contribution in [2.75, 3.05) is 14.7 Å². The molecule has 0 fully saturated rings. The first-order chi connectivity index (χ1) is 63.3. The first kappa shape index (κ1) is 76.5. The Labute approximate surface area is 742 Å². The van der Waals surface area contributed by atoms with Crippen LogP contribution in [0.2, 0.25) is 0 Å². The minimum absolute atomic E-state index is 0.303. The number of nitrogens with zero attached hydrogens (tertiary/aromatic N) is 13. The molecular weight excluding hydrogens is 1580 g/mol. The third-order valence-corrected chi connectivity index (χ3v) is 30.1. The molecule has 2 aromatic heterocycles. The van der Waals surface area contributed by atoms with E-state index in [1.54, 1.807) is 12.1 Å². The monoisotopic (exact) mass is 1650 g/mol. The summed E-state index contributed by atoms with van der Waals surface area (Å²) >= 11 is 0. The summed E-state index contributed by atoms with van der Waals surface area (Å²) < 4.78 is 0. The number of anilines is 9. The number of benzene rings is 17. The SMILES string of the molecule is [C-]#[N+]c1cc(-c2nc(-c3ccccc3)nc(-c3ccccc3)n2)cc(C#N)c1N1c2ccccc2C2(c3ccccc31)c1ccccc1[Si](c1ccccc1)(c1ccccc1)c1ccccc12.[C-]#[N+]c1cc(-c2nc(-c3ccccc3)nc(-c3ccccc3)n2)cc(C#N)c1N1c2ccccc2C2(c3ccccc3N(c3ccccc3)c3ccccc32)c2ccccc21. The molecule has 0 saturated heterocycles. The number of aromatic nitrogens is 6. The van der Waals surface area contributed by atoms with Gasteiger partial charge in [0.1, 0.15) is 0 Å². The maximum atomic E-state index is 11.3. The first-order valence-electron chi connectivity index (χ1n) is 42.3. The van der Waals surface area contributed by atoms with E-state index >= 15 is 0 Å². The number of hydrogen-bond acceptors (Lipinski definition) is 11. The van der Waals surface area contributed by atoms with Crippen LogP contribution in [-0.2, 0) is 10.8 Å². The largest absolute Gasteiger partial charge is 0.318 e. The van der Waals surface area contributed by atoms with Crippen LogP contribution in [0.5, 0.6) is 0 Å². The van der Waals surface area contributed by atoms with E-state index in [1.165, 1.54) is 31.9 Å².